The molecule has 0 aliphatic heterocycles. The molecule has 27 heavy (non-hydrogen) atoms. The molecule has 1 aromatic heterocycles. The molecule has 0 radical (unpaired) electrons. The van der Waals surface area contributed by atoms with Crippen LogP contribution in [0.25, 0.3) is 22.4 Å². The van der Waals surface area contributed by atoms with Crippen LogP contribution in [0.1, 0.15) is 12.5 Å². The number of nitrogens with zero attached hydrogens (tertiary/aromatic N) is 1. The molecular formula is C22H20N4S. The van der Waals surface area contributed by atoms with Crippen LogP contribution in [0.2, 0.25) is 0 Å². The Kier molecular flexibility index (Phi) is 4.85. The number of aromatic nitrogens is 2. The summed E-state index contributed by atoms with van der Waals surface area (Å²) in [5.74, 6) is 0.861. The third-order valence-electron chi connectivity index (χ3n) is 4.45. The van der Waals surface area contributed by atoms with Gasteiger partial charge in [0, 0.05) is 16.9 Å². The zero-order chi connectivity index (χ0) is 18.6. The van der Waals surface area contributed by atoms with Crippen molar-refractivity contribution in [2.24, 2.45) is 0 Å². The van der Waals surface area contributed by atoms with E-state index in [0.717, 1.165) is 40.2 Å². The van der Waals surface area contributed by atoms with Crippen LogP contribution in [0.3, 0.4) is 0 Å². The molecule has 3 aromatic carbocycles. The van der Waals surface area contributed by atoms with Gasteiger partial charge in [-0.1, -0.05) is 37.3 Å². The summed E-state index contributed by atoms with van der Waals surface area (Å²) in [5, 5.41) is 7.09. The SMILES string of the molecule is CCc1ccccc1NC(=S)Nc1ccc(-c2nc3ccccc3[nH]2)cc1. The van der Waals surface area contributed by atoms with E-state index in [1.807, 2.05) is 66.7 Å². The number of nitrogens with one attached hydrogen (secondary N) is 3. The van der Waals surface area contributed by atoms with Crippen LogP contribution in [0.4, 0.5) is 11.4 Å². The number of hydrogen-bond donors (Lipinski definition) is 3. The van der Waals surface area contributed by atoms with Crippen molar-refractivity contribution in [3.8, 4) is 11.4 Å². The maximum atomic E-state index is 5.45. The van der Waals surface area contributed by atoms with Gasteiger partial charge in [-0.15, -0.1) is 0 Å². The molecule has 0 aliphatic carbocycles. The molecule has 0 amide bonds. The first kappa shape index (κ1) is 17.2. The average molecular weight is 372 g/mol. The molecule has 0 unspecified atom stereocenters. The molecule has 0 fully saturated rings. The predicted molar refractivity (Wildman–Crippen MR) is 117 cm³/mol. The van der Waals surface area contributed by atoms with Crippen LogP contribution in [0, 0.1) is 0 Å². The smallest absolute Gasteiger partial charge is 0.175 e. The Morgan fingerprint density at radius 1 is 0.926 bits per heavy atom. The van der Waals surface area contributed by atoms with Crippen LogP contribution in [0.5, 0.6) is 0 Å². The minimum Gasteiger partial charge on any atom is -0.338 e. The van der Waals surface area contributed by atoms with Gasteiger partial charge in [-0.25, -0.2) is 4.98 Å². The first-order chi connectivity index (χ1) is 13.2. The maximum Gasteiger partial charge on any atom is 0.175 e. The third kappa shape index (κ3) is 3.83. The van der Waals surface area contributed by atoms with Crippen molar-refractivity contribution in [2.75, 3.05) is 10.6 Å². The summed E-state index contributed by atoms with van der Waals surface area (Å²) < 4.78 is 0. The summed E-state index contributed by atoms with van der Waals surface area (Å²) in [5.41, 5.74) is 6.25. The maximum absolute atomic E-state index is 5.45. The Morgan fingerprint density at radius 3 is 2.44 bits per heavy atom. The van der Waals surface area contributed by atoms with Crippen molar-refractivity contribution in [1.82, 2.24) is 9.97 Å². The summed E-state index contributed by atoms with van der Waals surface area (Å²) in [6, 6.07) is 24.3. The number of anilines is 2. The van der Waals surface area contributed by atoms with Crippen LogP contribution in [-0.4, -0.2) is 15.1 Å². The van der Waals surface area contributed by atoms with Crippen molar-refractivity contribution in [2.45, 2.75) is 13.3 Å². The highest BCUT2D eigenvalue weighted by molar-refractivity contribution is 7.80. The Hall–Kier alpha value is -3.18. The van der Waals surface area contributed by atoms with Gasteiger partial charge in [0.25, 0.3) is 0 Å². The van der Waals surface area contributed by atoms with E-state index >= 15 is 0 Å². The minimum atomic E-state index is 0.576. The fraction of sp³-hybridized carbons (Fsp3) is 0.0909. The second-order valence-corrected chi connectivity index (χ2v) is 6.68. The molecule has 3 N–H and O–H groups in total. The van der Waals surface area contributed by atoms with Crippen molar-refractivity contribution < 1.29 is 0 Å². The zero-order valence-corrected chi connectivity index (χ0v) is 15.8. The van der Waals surface area contributed by atoms with E-state index in [1.54, 1.807) is 0 Å². The minimum absolute atomic E-state index is 0.576. The van der Waals surface area contributed by atoms with Crippen molar-refractivity contribution in [3.63, 3.8) is 0 Å². The number of hydrogen-bond acceptors (Lipinski definition) is 2. The third-order valence-corrected chi connectivity index (χ3v) is 4.66. The van der Waals surface area contributed by atoms with Crippen LogP contribution in [0.15, 0.2) is 72.8 Å². The number of fused-ring (bicyclic) bond motifs is 1. The van der Waals surface area contributed by atoms with E-state index in [4.69, 9.17) is 12.2 Å². The van der Waals surface area contributed by atoms with E-state index in [2.05, 4.69) is 33.6 Å². The van der Waals surface area contributed by atoms with Gasteiger partial charge in [0.2, 0.25) is 0 Å². The number of benzene rings is 3. The van der Waals surface area contributed by atoms with Gasteiger partial charge in [0.15, 0.2) is 5.11 Å². The van der Waals surface area contributed by atoms with E-state index in [1.165, 1.54) is 5.56 Å². The van der Waals surface area contributed by atoms with Crippen molar-refractivity contribution >= 4 is 39.7 Å². The Bertz CT molecular complexity index is 1050. The first-order valence-corrected chi connectivity index (χ1v) is 9.35. The molecule has 5 heteroatoms. The van der Waals surface area contributed by atoms with Crippen LogP contribution >= 0.6 is 12.2 Å². The molecule has 134 valence electrons. The highest BCUT2D eigenvalue weighted by atomic mass is 32.1. The molecule has 0 saturated heterocycles. The van der Waals surface area contributed by atoms with E-state index in [9.17, 15) is 0 Å². The molecule has 0 spiro atoms. The highest BCUT2D eigenvalue weighted by Gasteiger charge is 2.06. The molecule has 1 heterocycles. The number of para-hydroxylation sites is 3. The lowest BCUT2D eigenvalue weighted by atomic mass is 10.1. The standard InChI is InChI=1S/C22H20N4S/c1-2-15-7-3-4-8-18(15)26-22(27)23-17-13-11-16(12-14-17)21-24-19-9-5-6-10-20(19)25-21/h3-14H,2H2,1H3,(H,24,25)(H2,23,26,27). The van der Waals surface area contributed by atoms with Gasteiger partial charge < -0.3 is 15.6 Å². The Labute approximate surface area is 163 Å². The van der Waals surface area contributed by atoms with Crippen LogP contribution < -0.4 is 10.6 Å². The lowest BCUT2D eigenvalue weighted by Crippen LogP contribution is -2.19. The number of aryl methyl sites for hydroxylation is 1. The van der Waals surface area contributed by atoms with E-state index in [0.29, 0.717) is 5.11 Å². The molecule has 4 nitrogen and oxygen atoms in total. The molecule has 0 aliphatic rings. The highest BCUT2D eigenvalue weighted by Crippen LogP contribution is 2.22. The van der Waals surface area contributed by atoms with Gasteiger partial charge in [-0.05, 0) is 66.7 Å². The topological polar surface area (TPSA) is 52.7 Å². The quantitative estimate of drug-likeness (QED) is 0.408. The fourth-order valence-corrected chi connectivity index (χ4v) is 3.26. The largest absolute Gasteiger partial charge is 0.338 e. The molecule has 0 saturated carbocycles. The number of H-pyrrole nitrogens is 1. The van der Waals surface area contributed by atoms with E-state index in [-0.39, 0.29) is 0 Å². The van der Waals surface area contributed by atoms with Gasteiger partial charge in [-0.2, -0.15) is 0 Å². The Morgan fingerprint density at radius 2 is 1.67 bits per heavy atom. The van der Waals surface area contributed by atoms with Gasteiger partial charge >= 0.3 is 0 Å². The summed E-state index contributed by atoms with van der Waals surface area (Å²) >= 11 is 5.45. The molecular weight excluding hydrogens is 352 g/mol. The normalized spacial score (nSPS) is 10.7. The summed E-state index contributed by atoms with van der Waals surface area (Å²) in [4.78, 5) is 7.98. The summed E-state index contributed by atoms with van der Waals surface area (Å²) in [6.07, 6.45) is 0.956. The van der Waals surface area contributed by atoms with E-state index < -0.39 is 0 Å². The van der Waals surface area contributed by atoms with Crippen molar-refractivity contribution in [3.05, 3.63) is 78.4 Å². The zero-order valence-electron chi connectivity index (χ0n) is 15.0. The van der Waals surface area contributed by atoms with Crippen molar-refractivity contribution in [1.29, 1.82) is 0 Å². The predicted octanol–water partition coefficient (Wildman–Crippen LogP) is 5.60. The second kappa shape index (κ2) is 7.60. The number of aromatic amines is 1. The fourth-order valence-electron chi connectivity index (χ4n) is 3.04. The average Bonchev–Trinajstić information content (AvgIpc) is 3.13. The number of rotatable bonds is 4. The summed E-state index contributed by atoms with van der Waals surface area (Å²) in [6.45, 7) is 2.13. The number of imidazole rings is 1. The monoisotopic (exact) mass is 372 g/mol. The second-order valence-electron chi connectivity index (χ2n) is 6.27. The molecule has 4 aromatic rings. The summed E-state index contributed by atoms with van der Waals surface area (Å²) in [7, 11) is 0. The molecule has 4 rings (SSSR count). The van der Waals surface area contributed by atoms with Gasteiger partial charge in [-0.3, -0.25) is 0 Å². The van der Waals surface area contributed by atoms with Gasteiger partial charge in [0.1, 0.15) is 5.82 Å². The molecule has 0 atom stereocenters. The lowest BCUT2D eigenvalue weighted by molar-refractivity contribution is 1.14. The van der Waals surface area contributed by atoms with Crippen LogP contribution in [-0.2, 0) is 6.42 Å². The van der Waals surface area contributed by atoms with Gasteiger partial charge in [0.05, 0.1) is 11.0 Å². The lowest BCUT2D eigenvalue weighted by Gasteiger charge is -2.13. The molecule has 0 bridgehead atoms. The number of thiocarbonyl (C=S) groups is 1. The first-order valence-electron chi connectivity index (χ1n) is 8.94. The Balaban J connectivity index is 1.46.